The summed E-state index contributed by atoms with van der Waals surface area (Å²) >= 11 is 0. The molecule has 1 saturated heterocycles. The SMILES string of the molecule is COC(=O)CCn1nc(C)c(CN2CCC(C(C)O)C2)c1C. The zero-order valence-electron chi connectivity index (χ0n) is 14.0. The van der Waals surface area contributed by atoms with Gasteiger partial charge in [0.25, 0.3) is 0 Å². The zero-order chi connectivity index (χ0) is 16.3. The van der Waals surface area contributed by atoms with Crippen molar-refractivity contribution in [2.45, 2.75) is 52.8 Å². The molecule has 1 aromatic rings. The zero-order valence-corrected chi connectivity index (χ0v) is 14.0. The summed E-state index contributed by atoms with van der Waals surface area (Å²) in [7, 11) is 1.40. The lowest BCUT2D eigenvalue weighted by atomic mass is 10.0. The second-order valence-corrected chi connectivity index (χ2v) is 6.22. The summed E-state index contributed by atoms with van der Waals surface area (Å²) in [6, 6.07) is 0. The molecule has 0 amide bonds. The number of aliphatic hydroxyl groups is 1. The van der Waals surface area contributed by atoms with Gasteiger partial charge in [-0.05, 0) is 39.7 Å². The van der Waals surface area contributed by atoms with Crippen LogP contribution in [0.3, 0.4) is 0 Å². The highest BCUT2D eigenvalue weighted by molar-refractivity contribution is 5.68. The number of aromatic nitrogens is 2. The molecule has 22 heavy (non-hydrogen) atoms. The summed E-state index contributed by atoms with van der Waals surface area (Å²) in [5.41, 5.74) is 3.36. The van der Waals surface area contributed by atoms with Gasteiger partial charge in [-0.2, -0.15) is 5.10 Å². The van der Waals surface area contributed by atoms with Crippen molar-refractivity contribution >= 4 is 5.97 Å². The standard InChI is InChI=1S/C16H27N3O3/c1-11-15(10-18-7-5-14(9-18)13(3)20)12(2)19(17-11)8-6-16(21)22-4/h13-14,20H,5-10H2,1-4H3. The van der Waals surface area contributed by atoms with Gasteiger partial charge in [0.1, 0.15) is 0 Å². The first kappa shape index (κ1) is 17.0. The van der Waals surface area contributed by atoms with Crippen LogP contribution in [0.15, 0.2) is 0 Å². The number of nitrogens with zero attached hydrogens (tertiary/aromatic N) is 3. The number of carbonyl (C=O) groups is 1. The van der Waals surface area contributed by atoms with Crippen molar-refractivity contribution in [3.05, 3.63) is 17.0 Å². The molecule has 6 heteroatoms. The maximum absolute atomic E-state index is 11.3. The van der Waals surface area contributed by atoms with Gasteiger partial charge in [-0.15, -0.1) is 0 Å². The van der Waals surface area contributed by atoms with Crippen molar-refractivity contribution in [2.24, 2.45) is 5.92 Å². The topological polar surface area (TPSA) is 67.6 Å². The van der Waals surface area contributed by atoms with E-state index in [9.17, 15) is 9.90 Å². The van der Waals surface area contributed by atoms with E-state index in [2.05, 4.69) is 21.7 Å². The first-order chi connectivity index (χ1) is 10.4. The molecular weight excluding hydrogens is 282 g/mol. The second kappa shape index (κ2) is 7.24. The first-order valence-corrected chi connectivity index (χ1v) is 7.92. The summed E-state index contributed by atoms with van der Waals surface area (Å²) in [5, 5.41) is 14.3. The van der Waals surface area contributed by atoms with Crippen molar-refractivity contribution < 1.29 is 14.6 Å². The minimum Gasteiger partial charge on any atom is -0.469 e. The molecule has 0 saturated carbocycles. The molecule has 2 rings (SSSR count). The lowest BCUT2D eigenvalue weighted by molar-refractivity contribution is -0.140. The van der Waals surface area contributed by atoms with Gasteiger partial charge in [0.15, 0.2) is 0 Å². The Balaban J connectivity index is 2.00. The average Bonchev–Trinajstić information content (AvgIpc) is 3.05. The Labute approximate surface area is 132 Å². The average molecular weight is 309 g/mol. The highest BCUT2D eigenvalue weighted by atomic mass is 16.5. The van der Waals surface area contributed by atoms with E-state index in [-0.39, 0.29) is 12.1 Å². The van der Waals surface area contributed by atoms with Crippen LogP contribution in [0.2, 0.25) is 0 Å². The molecule has 0 aliphatic carbocycles. The molecule has 0 aromatic carbocycles. The molecule has 0 spiro atoms. The summed E-state index contributed by atoms with van der Waals surface area (Å²) in [6.07, 6.45) is 1.15. The highest BCUT2D eigenvalue weighted by Gasteiger charge is 2.27. The van der Waals surface area contributed by atoms with Crippen molar-refractivity contribution in [2.75, 3.05) is 20.2 Å². The minimum atomic E-state index is -0.241. The second-order valence-electron chi connectivity index (χ2n) is 6.22. The van der Waals surface area contributed by atoms with E-state index in [1.807, 2.05) is 18.5 Å². The van der Waals surface area contributed by atoms with Crippen LogP contribution in [0.4, 0.5) is 0 Å². The lowest BCUT2D eigenvalue weighted by Crippen LogP contribution is -2.24. The van der Waals surface area contributed by atoms with Crippen LogP contribution < -0.4 is 0 Å². The van der Waals surface area contributed by atoms with Crippen molar-refractivity contribution in [3.8, 4) is 0 Å². The van der Waals surface area contributed by atoms with E-state index in [1.54, 1.807) is 0 Å². The molecule has 1 N–H and O–H groups in total. The van der Waals surface area contributed by atoms with Gasteiger partial charge in [0, 0.05) is 24.3 Å². The number of methoxy groups -OCH3 is 1. The van der Waals surface area contributed by atoms with E-state index in [0.717, 1.165) is 37.4 Å². The number of aliphatic hydroxyl groups excluding tert-OH is 1. The van der Waals surface area contributed by atoms with Crippen LogP contribution in [0.5, 0.6) is 0 Å². The van der Waals surface area contributed by atoms with Crippen LogP contribution in [-0.4, -0.2) is 52.1 Å². The number of rotatable bonds is 6. The van der Waals surface area contributed by atoms with Crippen molar-refractivity contribution in [1.29, 1.82) is 0 Å². The van der Waals surface area contributed by atoms with Gasteiger partial charge in [-0.3, -0.25) is 14.4 Å². The summed E-state index contributed by atoms with van der Waals surface area (Å²) < 4.78 is 6.57. The maximum atomic E-state index is 11.3. The fraction of sp³-hybridized carbons (Fsp3) is 0.750. The van der Waals surface area contributed by atoms with E-state index < -0.39 is 0 Å². The third-order valence-electron chi connectivity index (χ3n) is 4.66. The van der Waals surface area contributed by atoms with Gasteiger partial charge in [0.2, 0.25) is 0 Å². The molecule has 1 fully saturated rings. The molecule has 2 atom stereocenters. The third-order valence-corrected chi connectivity index (χ3v) is 4.66. The summed E-state index contributed by atoms with van der Waals surface area (Å²) in [5.74, 6) is 0.156. The molecule has 1 aliphatic heterocycles. The van der Waals surface area contributed by atoms with Crippen LogP contribution in [0, 0.1) is 19.8 Å². The number of aryl methyl sites for hydroxylation is 2. The Kier molecular flexibility index (Phi) is 5.58. The van der Waals surface area contributed by atoms with Crippen LogP contribution >= 0.6 is 0 Å². The molecule has 1 aliphatic rings. The monoisotopic (exact) mass is 309 g/mol. The predicted molar refractivity (Wildman–Crippen MR) is 83.4 cm³/mol. The van der Waals surface area contributed by atoms with E-state index in [1.165, 1.54) is 12.7 Å². The van der Waals surface area contributed by atoms with Gasteiger partial charge in [0.05, 0.1) is 31.9 Å². The van der Waals surface area contributed by atoms with Crippen LogP contribution in [0.1, 0.15) is 36.7 Å². The molecule has 0 bridgehead atoms. The number of esters is 1. The number of likely N-dealkylation sites (tertiary alicyclic amines) is 1. The molecule has 6 nitrogen and oxygen atoms in total. The van der Waals surface area contributed by atoms with Crippen molar-refractivity contribution in [3.63, 3.8) is 0 Å². The summed E-state index contributed by atoms with van der Waals surface area (Å²) in [6.45, 7) is 9.30. The molecular formula is C16H27N3O3. The van der Waals surface area contributed by atoms with E-state index in [0.29, 0.717) is 18.9 Å². The van der Waals surface area contributed by atoms with Gasteiger partial charge in [-0.1, -0.05) is 0 Å². The Hall–Kier alpha value is -1.40. The van der Waals surface area contributed by atoms with E-state index in [4.69, 9.17) is 0 Å². The van der Waals surface area contributed by atoms with Crippen LogP contribution in [-0.2, 0) is 22.6 Å². The highest BCUT2D eigenvalue weighted by Crippen LogP contribution is 2.23. The smallest absolute Gasteiger partial charge is 0.307 e. The maximum Gasteiger partial charge on any atom is 0.307 e. The quantitative estimate of drug-likeness (QED) is 0.802. The number of hydrogen-bond acceptors (Lipinski definition) is 5. The first-order valence-electron chi connectivity index (χ1n) is 7.92. The minimum absolute atomic E-state index is 0.214. The molecule has 0 radical (unpaired) electrons. The number of ether oxygens (including phenoxy) is 1. The normalized spacial score (nSPS) is 20.3. The van der Waals surface area contributed by atoms with E-state index >= 15 is 0 Å². The Morgan fingerprint density at radius 1 is 1.50 bits per heavy atom. The van der Waals surface area contributed by atoms with Gasteiger partial charge >= 0.3 is 5.97 Å². The predicted octanol–water partition coefficient (Wildman–Crippen LogP) is 1.27. The molecule has 2 unspecified atom stereocenters. The fourth-order valence-corrected chi connectivity index (χ4v) is 3.10. The molecule has 124 valence electrons. The van der Waals surface area contributed by atoms with Crippen LogP contribution in [0.25, 0.3) is 0 Å². The Morgan fingerprint density at radius 3 is 2.82 bits per heavy atom. The third kappa shape index (κ3) is 3.87. The lowest BCUT2D eigenvalue weighted by Gasteiger charge is -2.17. The van der Waals surface area contributed by atoms with Gasteiger partial charge in [-0.25, -0.2) is 0 Å². The molecule has 1 aromatic heterocycles. The summed E-state index contributed by atoms with van der Waals surface area (Å²) in [4.78, 5) is 13.6. The number of hydrogen-bond donors (Lipinski definition) is 1. The Morgan fingerprint density at radius 2 is 2.23 bits per heavy atom. The Bertz CT molecular complexity index is 525. The number of carbonyl (C=O) groups excluding carboxylic acids is 1. The van der Waals surface area contributed by atoms with Crippen molar-refractivity contribution in [1.82, 2.24) is 14.7 Å². The fourth-order valence-electron chi connectivity index (χ4n) is 3.10. The largest absolute Gasteiger partial charge is 0.469 e. The molecule has 2 heterocycles. The van der Waals surface area contributed by atoms with Gasteiger partial charge < -0.3 is 9.84 Å².